The van der Waals surface area contributed by atoms with E-state index >= 15 is 0 Å². The maximum Gasteiger partial charge on any atom is 0.271 e. The Morgan fingerprint density at radius 1 is 1.25 bits per heavy atom. The smallest absolute Gasteiger partial charge is 0.271 e. The van der Waals surface area contributed by atoms with Crippen molar-refractivity contribution in [2.45, 2.75) is 0 Å². The molecular formula is C18H16N2O4. The first-order valence-corrected chi connectivity index (χ1v) is 7.16. The van der Waals surface area contributed by atoms with Gasteiger partial charge in [-0.05, 0) is 29.8 Å². The summed E-state index contributed by atoms with van der Waals surface area (Å²) >= 11 is 0. The van der Waals surface area contributed by atoms with E-state index in [1.165, 1.54) is 24.3 Å². The number of amides is 1. The molecule has 6 nitrogen and oxygen atoms in total. The summed E-state index contributed by atoms with van der Waals surface area (Å²) < 4.78 is 5.37. The van der Waals surface area contributed by atoms with E-state index in [-0.39, 0.29) is 11.6 Å². The van der Waals surface area contributed by atoms with Gasteiger partial charge in [-0.25, -0.2) is 0 Å². The summed E-state index contributed by atoms with van der Waals surface area (Å²) in [4.78, 5) is 22.1. The minimum Gasteiger partial charge on any atom is -0.490 e. The predicted octanol–water partition coefficient (Wildman–Crippen LogP) is 3.81. The Morgan fingerprint density at radius 2 is 2.00 bits per heavy atom. The van der Waals surface area contributed by atoms with E-state index in [0.717, 1.165) is 5.56 Å². The number of ether oxygens (including phenoxy) is 1. The number of carbonyl (C=O) groups is 1. The Bertz CT molecular complexity index is 767. The molecule has 0 heterocycles. The molecule has 0 saturated heterocycles. The molecule has 1 N–H and O–H groups in total. The first kappa shape index (κ1) is 17.0. The zero-order chi connectivity index (χ0) is 17.4. The molecule has 0 unspecified atom stereocenters. The summed E-state index contributed by atoms with van der Waals surface area (Å²) in [6.07, 6.45) is 4.66. The second-order valence-electron chi connectivity index (χ2n) is 4.80. The Hall–Kier alpha value is -3.41. The lowest BCUT2D eigenvalue weighted by atomic mass is 10.2. The monoisotopic (exact) mass is 324 g/mol. The van der Waals surface area contributed by atoms with Crippen LogP contribution in [0.2, 0.25) is 0 Å². The van der Waals surface area contributed by atoms with Crippen molar-refractivity contribution in [1.29, 1.82) is 0 Å². The average molecular weight is 324 g/mol. The van der Waals surface area contributed by atoms with E-state index in [2.05, 4.69) is 11.9 Å². The lowest BCUT2D eigenvalue weighted by Gasteiger charge is -2.03. The fourth-order valence-electron chi connectivity index (χ4n) is 1.88. The molecular weight excluding hydrogens is 308 g/mol. The van der Waals surface area contributed by atoms with Gasteiger partial charge in [-0.15, -0.1) is 0 Å². The number of nitro groups is 1. The van der Waals surface area contributed by atoms with Gasteiger partial charge in [0.25, 0.3) is 5.69 Å². The molecule has 0 aliphatic heterocycles. The molecule has 2 aromatic carbocycles. The van der Waals surface area contributed by atoms with Crippen molar-refractivity contribution >= 4 is 23.4 Å². The van der Waals surface area contributed by atoms with Gasteiger partial charge in [-0.2, -0.15) is 0 Å². The standard InChI is InChI=1S/C18H16N2O4/c1-2-12-24-17-9-6-14(7-10-17)8-11-18(21)19-15-4-3-5-16(13-15)20(22)23/h2-11,13H,1,12H2,(H,19,21)/b11-8+. The van der Waals surface area contributed by atoms with Crippen LogP contribution in [0.3, 0.4) is 0 Å². The third-order valence-electron chi connectivity index (χ3n) is 3.00. The van der Waals surface area contributed by atoms with Gasteiger partial charge in [-0.1, -0.05) is 30.9 Å². The highest BCUT2D eigenvalue weighted by Gasteiger charge is 2.06. The van der Waals surface area contributed by atoms with Crippen molar-refractivity contribution in [3.8, 4) is 5.75 Å². The molecule has 0 aliphatic carbocycles. The van der Waals surface area contributed by atoms with Crippen LogP contribution in [-0.4, -0.2) is 17.4 Å². The summed E-state index contributed by atoms with van der Waals surface area (Å²) in [5, 5.41) is 13.3. The van der Waals surface area contributed by atoms with Gasteiger partial charge in [0.2, 0.25) is 5.91 Å². The summed E-state index contributed by atoms with van der Waals surface area (Å²) in [6, 6.07) is 13.0. The fourth-order valence-corrected chi connectivity index (χ4v) is 1.88. The second-order valence-corrected chi connectivity index (χ2v) is 4.80. The number of non-ortho nitro benzene ring substituents is 1. The quantitative estimate of drug-likeness (QED) is 0.363. The third kappa shape index (κ3) is 5.10. The summed E-state index contributed by atoms with van der Waals surface area (Å²) in [6.45, 7) is 4.00. The fraction of sp³-hybridized carbons (Fsp3) is 0.0556. The summed E-state index contributed by atoms with van der Waals surface area (Å²) in [5.74, 6) is 0.343. The van der Waals surface area contributed by atoms with E-state index in [1.54, 1.807) is 30.4 Å². The van der Waals surface area contributed by atoms with E-state index < -0.39 is 4.92 Å². The van der Waals surface area contributed by atoms with E-state index in [1.807, 2.05) is 12.1 Å². The third-order valence-corrected chi connectivity index (χ3v) is 3.00. The van der Waals surface area contributed by atoms with Crippen molar-refractivity contribution in [2.75, 3.05) is 11.9 Å². The zero-order valence-corrected chi connectivity index (χ0v) is 12.8. The molecule has 24 heavy (non-hydrogen) atoms. The number of hydrogen-bond acceptors (Lipinski definition) is 4. The largest absolute Gasteiger partial charge is 0.490 e. The average Bonchev–Trinajstić information content (AvgIpc) is 2.59. The molecule has 6 heteroatoms. The molecule has 0 saturated carbocycles. The van der Waals surface area contributed by atoms with E-state index in [4.69, 9.17) is 4.74 Å². The van der Waals surface area contributed by atoms with Crippen LogP contribution in [0, 0.1) is 10.1 Å². The number of benzene rings is 2. The maximum absolute atomic E-state index is 11.9. The summed E-state index contributed by atoms with van der Waals surface area (Å²) in [7, 11) is 0. The van der Waals surface area contributed by atoms with Crippen molar-refractivity contribution in [3.63, 3.8) is 0 Å². The SMILES string of the molecule is C=CCOc1ccc(/C=C/C(=O)Nc2cccc([N+](=O)[O-])c2)cc1. The van der Waals surface area contributed by atoms with Crippen LogP contribution in [0.1, 0.15) is 5.56 Å². The normalized spacial score (nSPS) is 10.3. The van der Waals surface area contributed by atoms with Crippen molar-refractivity contribution in [2.24, 2.45) is 0 Å². The molecule has 122 valence electrons. The van der Waals surface area contributed by atoms with Crippen molar-refractivity contribution in [3.05, 3.63) is 82.9 Å². The number of rotatable bonds is 7. The van der Waals surface area contributed by atoms with Crippen LogP contribution in [-0.2, 0) is 4.79 Å². The number of nitro benzene ring substituents is 1. The van der Waals surface area contributed by atoms with Gasteiger partial charge < -0.3 is 10.1 Å². The van der Waals surface area contributed by atoms with E-state index in [0.29, 0.717) is 18.0 Å². The zero-order valence-electron chi connectivity index (χ0n) is 12.8. The highest BCUT2D eigenvalue weighted by molar-refractivity contribution is 6.02. The first-order valence-electron chi connectivity index (χ1n) is 7.16. The number of carbonyl (C=O) groups excluding carboxylic acids is 1. The Labute approximate surface area is 139 Å². The maximum atomic E-state index is 11.9. The lowest BCUT2D eigenvalue weighted by molar-refractivity contribution is -0.384. The molecule has 0 atom stereocenters. The predicted molar refractivity (Wildman–Crippen MR) is 92.9 cm³/mol. The van der Waals surface area contributed by atoms with Crippen LogP contribution in [0.4, 0.5) is 11.4 Å². The van der Waals surface area contributed by atoms with Gasteiger partial charge in [-0.3, -0.25) is 14.9 Å². The number of nitrogens with one attached hydrogen (secondary N) is 1. The highest BCUT2D eigenvalue weighted by Crippen LogP contribution is 2.17. The Balaban J connectivity index is 1.96. The van der Waals surface area contributed by atoms with Crippen LogP contribution in [0.25, 0.3) is 6.08 Å². The minimum absolute atomic E-state index is 0.0770. The first-order chi connectivity index (χ1) is 11.6. The molecule has 0 fully saturated rings. The van der Waals surface area contributed by atoms with E-state index in [9.17, 15) is 14.9 Å². The molecule has 0 aromatic heterocycles. The molecule has 0 spiro atoms. The van der Waals surface area contributed by atoms with Crippen molar-refractivity contribution < 1.29 is 14.5 Å². The van der Waals surface area contributed by atoms with Gasteiger partial charge in [0.1, 0.15) is 12.4 Å². The molecule has 2 aromatic rings. The van der Waals surface area contributed by atoms with Crippen molar-refractivity contribution in [1.82, 2.24) is 0 Å². The second kappa shape index (κ2) is 8.28. The molecule has 0 radical (unpaired) electrons. The molecule has 2 rings (SSSR count). The molecule has 1 amide bonds. The number of nitrogens with zero attached hydrogens (tertiary/aromatic N) is 1. The van der Waals surface area contributed by atoms with Gasteiger partial charge in [0.15, 0.2) is 0 Å². The Kier molecular flexibility index (Phi) is 5.85. The van der Waals surface area contributed by atoms with Gasteiger partial charge >= 0.3 is 0 Å². The molecule has 0 bridgehead atoms. The molecule has 0 aliphatic rings. The Morgan fingerprint density at radius 3 is 2.67 bits per heavy atom. The minimum atomic E-state index is -0.512. The summed E-state index contributed by atoms with van der Waals surface area (Å²) in [5.41, 5.74) is 1.12. The number of anilines is 1. The highest BCUT2D eigenvalue weighted by atomic mass is 16.6. The van der Waals surface area contributed by atoms with Gasteiger partial charge in [0, 0.05) is 23.9 Å². The van der Waals surface area contributed by atoms with Crippen LogP contribution in [0.15, 0.2) is 67.3 Å². The topological polar surface area (TPSA) is 81.5 Å². The number of hydrogen-bond donors (Lipinski definition) is 1. The van der Waals surface area contributed by atoms with Gasteiger partial charge in [0.05, 0.1) is 4.92 Å². The van der Waals surface area contributed by atoms with Crippen LogP contribution >= 0.6 is 0 Å². The van der Waals surface area contributed by atoms with Crippen LogP contribution < -0.4 is 10.1 Å². The van der Waals surface area contributed by atoms with Crippen LogP contribution in [0.5, 0.6) is 5.75 Å². The lowest BCUT2D eigenvalue weighted by Crippen LogP contribution is -2.07.